The molecule has 0 spiro atoms. The van der Waals surface area contributed by atoms with Gasteiger partial charge in [-0.15, -0.1) is 0 Å². The highest BCUT2D eigenvalue weighted by atomic mass is 32.2. The summed E-state index contributed by atoms with van der Waals surface area (Å²) in [6.45, 7) is 5.03. The van der Waals surface area contributed by atoms with Crippen LogP contribution in [0.2, 0.25) is 0 Å². The van der Waals surface area contributed by atoms with E-state index >= 15 is 0 Å². The standard InChI is InChI=1S/C18H25N5O3S/c1-3-4-10-20-17(24)16-12-13(2)22-18(23-16)21-11-9-14-5-7-15(8-6-14)27(19,25)26/h5-8,12H,3-4,9-11H2,1-2H3,(H,20,24)(H2,19,25,26)(H,21,22,23). The molecule has 4 N–H and O–H groups in total. The zero-order chi connectivity index (χ0) is 19.9. The van der Waals surface area contributed by atoms with Crippen LogP contribution < -0.4 is 15.8 Å². The lowest BCUT2D eigenvalue weighted by Crippen LogP contribution is -2.26. The average molecular weight is 391 g/mol. The molecule has 0 radical (unpaired) electrons. The Kier molecular flexibility index (Phi) is 7.26. The molecular weight excluding hydrogens is 366 g/mol. The van der Waals surface area contributed by atoms with Gasteiger partial charge in [-0.1, -0.05) is 25.5 Å². The molecule has 146 valence electrons. The van der Waals surface area contributed by atoms with Gasteiger partial charge in [0.25, 0.3) is 5.91 Å². The molecule has 1 aromatic carbocycles. The molecule has 0 saturated heterocycles. The molecule has 0 saturated carbocycles. The maximum absolute atomic E-state index is 12.1. The summed E-state index contributed by atoms with van der Waals surface area (Å²) in [7, 11) is -3.68. The van der Waals surface area contributed by atoms with Crippen molar-refractivity contribution in [2.24, 2.45) is 5.14 Å². The molecule has 0 unspecified atom stereocenters. The number of aromatic nitrogens is 2. The Morgan fingerprint density at radius 1 is 1.15 bits per heavy atom. The number of nitrogens with zero attached hydrogens (tertiary/aromatic N) is 2. The monoisotopic (exact) mass is 391 g/mol. The number of rotatable bonds is 9. The Balaban J connectivity index is 1.94. The van der Waals surface area contributed by atoms with E-state index in [0.29, 0.717) is 36.8 Å². The Morgan fingerprint density at radius 3 is 2.48 bits per heavy atom. The quantitative estimate of drug-likeness (QED) is 0.557. The van der Waals surface area contributed by atoms with E-state index in [-0.39, 0.29) is 10.8 Å². The largest absolute Gasteiger partial charge is 0.354 e. The Morgan fingerprint density at radius 2 is 1.85 bits per heavy atom. The fraction of sp³-hybridized carbons (Fsp3) is 0.389. The van der Waals surface area contributed by atoms with Crippen molar-refractivity contribution in [1.29, 1.82) is 0 Å². The third-order valence-electron chi connectivity index (χ3n) is 3.85. The van der Waals surface area contributed by atoms with E-state index in [0.717, 1.165) is 18.4 Å². The number of hydrogen-bond donors (Lipinski definition) is 3. The number of aryl methyl sites for hydroxylation is 1. The van der Waals surface area contributed by atoms with Gasteiger partial charge in [0.05, 0.1) is 4.90 Å². The third-order valence-corrected chi connectivity index (χ3v) is 4.78. The van der Waals surface area contributed by atoms with Crippen LogP contribution in [0.25, 0.3) is 0 Å². The van der Waals surface area contributed by atoms with Crippen molar-refractivity contribution in [2.45, 2.75) is 38.0 Å². The van der Waals surface area contributed by atoms with Gasteiger partial charge in [0.15, 0.2) is 0 Å². The summed E-state index contributed by atoms with van der Waals surface area (Å²) in [5, 5.41) is 11.0. The third kappa shape index (κ3) is 6.61. The van der Waals surface area contributed by atoms with Gasteiger partial charge in [0.1, 0.15) is 5.69 Å². The molecule has 0 aliphatic heterocycles. The van der Waals surface area contributed by atoms with E-state index in [1.54, 1.807) is 18.2 Å². The van der Waals surface area contributed by atoms with Crippen molar-refractivity contribution in [3.05, 3.63) is 47.3 Å². The van der Waals surface area contributed by atoms with Crippen LogP contribution in [0.3, 0.4) is 0 Å². The van der Waals surface area contributed by atoms with Gasteiger partial charge in [-0.05, 0) is 43.5 Å². The number of nitrogens with one attached hydrogen (secondary N) is 2. The van der Waals surface area contributed by atoms with Gasteiger partial charge in [-0.2, -0.15) is 0 Å². The molecule has 0 aliphatic carbocycles. The highest BCUT2D eigenvalue weighted by molar-refractivity contribution is 7.89. The molecule has 8 nitrogen and oxygen atoms in total. The van der Waals surface area contributed by atoms with Gasteiger partial charge >= 0.3 is 0 Å². The summed E-state index contributed by atoms with van der Waals surface area (Å²) in [6, 6.07) is 8.04. The first-order valence-electron chi connectivity index (χ1n) is 8.79. The lowest BCUT2D eigenvalue weighted by atomic mass is 10.1. The molecule has 2 aromatic rings. The number of anilines is 1. The van der Waals surface area contributed by atoms with E-state index in [1.165, 1.54) is 12.1 Å². The number of amides is 1. The number of carbonyl (C=O) groups excluding carboxylic acids is 1. The molecule has 27 heavy (non-hydrogen) atoms. The minimum absolute atomic E-state index is 0.0833. The Bertz CT molecular complexity index is 882. The number of hydrogen-bond acceptors (Lipinski definition) is 6. The topological polar surface area (TPSA) is 127 Å². The predicted octanol–water partition coefficient (Wildman–Crippen LogP) is 1.62. The Labute approximate surface area is 159 Å². The van der Waals surface area contributed by atoms with E-state index in [2.05, 4.69) is 27.5 Å². The second-order valence-electron chi connectivity index (χ2n) is 6.19. The number of sulfonamides is 1. The first kappa shape index (κ1) is 20.8. The zero-order valence-corrected chi connectivity index (χ0v) is 16.3. The molecule has 2 rings (SSSR count). The molecule has 0 aliphatic rings. The number of unbranched alkanes of at least 4 members (excludes halogenated alkanes) is 1. The summed E-state index contributed by atoms with van der Waals surface area (Å²) in [6.07, 6.45) is 2.57. The van der Waals surface area contributed by atoms with Crippen LogP contribution in [0.1, 0.15) is 41.5 Å². The fourth-order valence-corrected chi connectivity index (χ4v) is 2.91. The van der Waals surface area contributed by atoms with Crippen LogP contribution in [-0.4, -0.2) is 37.4 Å². The van der Waals surface area contributed by atoms with Gasteiger partial charge in [-0.3, -0.25) is 4.79 Å². The maximum atomic E-state index is 12.1. The van der Waals surface area contributed by atoms with Crippen molar-refractivity contribution in [1.82, 2.24) is 15.3 Å². The number of nitrogens with two attached hydrogens (primary N) is 1. The van der Waals surface area contributed by atoms with Crippen LogP contribution in [0, 0.1) is 6.92 Å². The lowest BCUT2D eigenvalue weighted by Gasteiger charge is -2.09. The summed E-state index contributed by atoms with van der Waals surface area (Å²) in [5.74, 6) is 0.174. The number of benzene rings is 1. The second-order valence-corrected chi connectivity index (χ2v) is 7.75. The van der Waals surface area contributed by atoms with E-state index in [9.17, 15) is 13.2 Å². The number of carbonyl (C=O) groups is 1. The van der Waals surface area contributed by atoms with Crippen molar-refractivity contribution in [3.8, 4) is 0 Å². The molecular formula is C18H25N5O3S. The number of primary sulfonamides is 1. The first-order valence-corrected chi connectivity index (χ1v) is 10.3. The Hall–Kier alpha value is -2.52. The minimum atomic E-state index is -3.68. The van der Waals surface area contributed by atoms with Gasteiger partial charge in [-0.25, -0.2) is 23.5 Å². The first-order chi connectivity index (χ1) is 12.8. The van der Waals surface area contributed by atoms with Crippen LogP contribution in [0.5, 0.6) is 0 Å². The molecule has 9 heteroatoms. The lowest BCUT2D eigenvalue weighted by molar-refractivity contribution is 0.0948. The average Bonchev–Trinajstić information content (AvgIpc) is 2.61. The summed E-state index contributed by atoms with van der Waals surface area (Å²) >= 11 is 0. The van der Waals surface area contributed by atoms with Gasteiger partial charge in [0, 0.05) is 18.8 Å². The molecule has 1 heterocycles. The van der Waals surface area contributed by atoms with Crippen LogP contribution >= 0.6 is 0 Å². The van der Waals surface area contributed by atoms with E-state index in [4.69, 9.17) is 5.14 Å². The normalized spacial score (nSPS) is 11.2. The van der Waals surface area contributed by atoms with Crippen molar-refractivity contribution in [2.75, 3.05) is 18.4 Å². The summed E-state index contributed by atoms with van der Waals surface area (Å²) < 4.78 is 22.5. The van der Waals surface area contributed by atoms with Crippen molar-refractivity contribution >= 4 is 21.9 Å². The van der Waals surface area contributed by atoms with Gasteiger partial charge in [0.2, 0.25) is 16.0 Å². The highest BCUT2D eigenvalue weighted by Gasteiger charge is 2.10. The molecule has 0 fully saturated rings. The molecule has 0 bridgehead atoms. The summed E-state index contributed by atoms with van der Waals surface area (Å²) in [5.41, 5.74) is 1.98. The molecule has 0 atom stereocenters. The minimum Gasteiger partial charge on any atom is -0.354 e. The maximum Gasteiger partial charge on any atom is 0.270 e. The van der Waals surface area contributed by atoms with Crippen molar-refractivity contribution in [3.63, 3.8) is 0 Å². The predicted molar refractivity (Wildman–Crippen MR) is 104 cm³/mol. The van der Waals surface area contributed by atoms with Crippen molar-refractivity contribution < 1.29 is 13.2 Å². The van der Waals surface area contributed by atoms with E-state index in [1.807, 2.05) is 6.92 Å². The van der Waals surface area contributed by atoms with Crippen LogP contribution in [-0.2, 0) is 16.4 Å². The second kappa shape index (κ2) is 9.43. The van der Waals surface area contributed by atoms with E-state index < -0.39 is 10.0 Å². The SMILES string of the molecule is CCCCNC(=O)c1cc(C)nc(NCCc2ccc(S(N)(=O)=O)cc2)n1. The molecule has 1 amide bonds. The molecule has 1 aromatic heterocycles. The van der Waals surface area contributed by atoms with Crippen LogP contribution in [0.4, 0.5) is 5.95 Å². The van der Waals surface area contributed by atoms with Crippen LogP contribution in [0.15, 0.2) is 35.2 Å². The highest BCUT2D eigenvalue weighted by Crippen LogP contribution is 2.10. The fourth-order valence-electron chi connectivity index (χ4n) is 2.40. The zero-order valence-electron chi connectivity index (χ0n) is 15.5. The van der Waals surface area contributed by atoms with Gasteiger partial charge < -0.3 is 10.6 Å². The summed E-state index contributed by atoms with van der Waals surface area (Å²) in [4.78, 5) is 20.8. The smallest absolute Gasteiger partial charge is 0.270 e.